The molecule has 0 unspecified atom stereocenters. The molecule has 2 aliphatic heterocycles. The Morgan fingerprint density at radius 2 is 1.37 bits per heavy atom. The maximum absolute atomic E-state index is 11.9. The molecule has 5 heterocycles. The van der Waals surface area contributed by atoms with E-state index >= 15 is 0 Å². The van der Waals surface area contributed by atoms with Crippen LogP contribution in [0.5, 0.6) is 0 Å². The van der Waals surface area contributed by atoms with Crippen LogP contribution in [-0.4, -0.2) is 31.0 Å². The van der Waals surface area contributed by atoms with E-state index in [2.05, 4.69) is 19.9 Å². The molecule has 0 amide bonds. The second-order valence-electron chi connectivity index (χ2n) is 6.36. The molecule has 0 saturated carbocycles. The summed E-state index contributed by atoms with van der Waals surface area (Å²) in [5, 5.41) is 9.72. The highest BCUT2D eigenvalue weighted by Crippen LogP contribution is 2.21. The molecule has 8 bridgehead atoms. The van der Waals surface area contributed by atoms with Crippen LogP contribution in [0.25, 0.3) is 46.4 Å². The highest BCUT2D eigenvalue weighted by molar-refractivity contribution is 6.00. The molecule has 5 rings (SSSR count). The molecule has 130 valence electrons. The maximum Gasteiger partial charge on any atom is 0.340 e. The molecule has 0 atom stereocenters. The predicted octanol–water partition coefficient (Wildman–Crippen LogP) is 4.35. The zero-order chi connectivity index (χ0) is 18.4. The van der Waals surface area contributed by atoms with Gasteiger partial charge in [-0.25, -0.2) is 14.8 Å². The summed E-state index contributed by atoms with van der Waals surface area (Å²) in [5.41, 5.74) is 5.99. The highest BCUT2D eigenvalue weighted by Gasteiger charge is 2.14. The Balaban J connectivity index is 1.91. The van der Waals surface area contributed by atoms with Crippen LogP contribution in [0.1, 0.15) is 33.1 Å². The molecule has 0 spiro atoms. The van der Waals surface area contributed by atoms with E-state index in [-0.39, 0.29) is 5.56 Å². The normalized spacial score (nSPS) is 12.4. The molecule has 0 fully saturated rings. The molecule has 3 N–H and O–H groups in total. The van der Waals surface area contributed by atoms with Gasteiger partial charge in [0.1, 0.15) is 5.56 Å². The molecule has 0 radical (unpaired) electrons. The maximum atomic E-state index is 11.9. The van der Waals surface area contributed by atoms with Gasteiger partial charge in [-0.3, -0.25) is 0 Å². The van der Waals surface area contributed by atoms with Crippen LogP contribution >= 0.6 is 0 Å². The fourth-order valence-electron chi connectivity index (χ4n) is 3.23. The Morgan fingerprint density at radius 1 is 0.741 bits per heavy atom. The van der Waals surface area contributed by atoms with Crippen LogP contribution in [0.3, 0.4) is 0 Å². The Kier molecular flexibility index (Phi) is 3.30. The summed E-state index contributed by atoms with van der Waals surface area (Å²) < 4.78 is 0. The van der Waals surface area contributed by atoms with Gasteiger partial charge in [-0.1, -0.05) is 0 Å². The van der Waals surface area contributed by atoms with E-state index in [4.69, 9.17) is 0 Å². The standard InChI is InChI=1S/C21H14N4O2/c26-21(27)20-18-7-5-16(24-18)10-14-3-1-12(22-14)9-13-2-4-15(23-13)11-17-6-8-19(20)25-17/h1-11,22,24H,(H,26,27). The van der Waals surface area contributed by atoms with Gasteiger partial charge in [0, 0.05) is 16.6 Å². The van der Waals surface area contributed by atoms with Crippen LogP contribution < -0.4 is 0 Å². The first-order chi connectivity index (χ1) is 13.1. The first-order valence-corrected chi connectivity index (χ1v) is 8.45. The molecule has 0 aromatic carbocycles. The van der Waals surface area contributed by atoms with Crippen LogP contribution in [0.15, 0.2) is 42.5 Å². The molecule has 3 aromatic heterocycles. The number of hydrogen-bond acceptors (Lipinski definition) is 3. The Morgan fingerprint density at radius 3 is 2.19 bits per heavy atom. The summed E-state index contributed by atoms with van der Waals surface area (Å²) in [6.45, 7) is 0. The fourth-order valence-corrected chi connectivity index (χ4v) is 3.23. The van der Waals surface area contributed by atoms with Gasteiger partial charge in [0.25, 0.3) is 0 Å². The van der Waals surface area contributed by atoms with Crippen molar-refractivity contribution in [3.8, 4) is 0 Å². The van der Waals surface area contributed by atoms with Gasteiger partial charge in [0.05, 0.1) is 28.3 Å². The lowest BCUT2D eigenvalue weighted by Crippen LogP contribution is -2.00. The van der Waals surface area contributed by atoms with Crippen molar-refractivity contribution in [2.75, 3.05) is 0 Å². The van der Waals surface area contributed by atoms with Gasteiger partial charge < -0.3 is 15.1 Å². The van der Waals surface area contributed by atoms with E-state index < -0.39 is 5.97 Å². The zero-order valence-electron chi connectivity index (χ0n) is 14.1. The SMILES string of the molecule is O=C(O)c1c2nc(cc3nc(cc4ccc(cc5ccc1[nH]5)[nH]4)C=C3)C=C2. The predicted molar refractivity (Wildman–Crippen MR) is 106 cm³/mol. The molecule has 2 aliphatic rings. The van der Waals surface area contributed by atoms with Crippen LogP contribution in [0.4, 0.5) is 0 Å². The average Bonchev–Trinajstić information content (AvgIpc) is 3.39. The summed E-state index contributed by atoms with van der Waals surface area (Å²) in [7, 11) is 0. The number of aromatic carboxylic acids is 1. The smallest absolute Gasteiger partial charge is 0.340 e. The summed E-state index contributed by atoms with van der Waals surface area (Å²) >= 11 is 0. The molecule has 3 aromatic rings. The van der Waals surface area contributed by atoms with Gasteiger partial charge in [0.2, 0.25) is 0 Å². The number of H-pyrrole nitrogens is 2. The third kappa shape index (κ3) is 2.83. The van der Waals surface area contributed by atoms with Crippen molar-refractivity contribution in [3.05, 3.63) is 70.8 Å². The molecule has 0 aliphatic carbocycles. The summed E-state index contributed by atoms with van der Waals surface area (Å²) in [5.74, 6) is -1.03. The molecular formula is C21H14N4O2. The largest absolute Gasteiger partial charge is 0.478 e. The van der Waals surface area contributed by atoms with Gasteiger partial charge in [-0.2, -0.15) is 0 Å². The number of aromatic amines is 2. The Bertz CT molecular complexity index is 1310. The lowest BCUT2D eigenvalue weighted by molar-refractivity contribution is 0.0698. The first-order valence-electron chi connectivity index (χ1n) is 8.45. The van der Waals surface area contributed by atoms with Crippen molar-refractivity contribution in [2.45, 2.75) is 0 Å². The van der Waals surface area contributed by atoms with Gasteiger partial charge in [-0.15, -0.1) is 0 Å². The lowest BCUT2D eigenvalue weighted by Gasteiger charge is -1.95. The molecular weight excluding hydrogens is 340 g/mol. The van der Waals surface area contributed by atoms with E-state index in [1.165, 1.54) is 0 Å². The number of nitrogens with zero attached hydrogens (tertiary/aromatic N) is 2. The summed E-state index contributed by atoms with van der Waals surface area (Å²) in [4.78, 5) is 27.4. The number of carbonyl (C=O) groups is 1. The summed E-state index contributed by atoms with van der Waals surface area (Å²) in [6, 6.07) is 13.3. The van der Waals surface area contributed by atoms with E-state index in [9.17, 15) is 9.90 Å². The van der Waals surface area contributed by atoms with E-state index in [0.29, 0.717) is 16.9 Å². The topological polar surface area (TPSA) is 94.7 Å². The van der Waals surface area contributed by atoms with Gasteiger partial charge >= 0.3 is 5.97 Å². The number of fused-ring (bicyclic) bond motifs is 8. The molecule has 6 heteroatoms. The quantitative estimate of drug-likeness (QED) is 0.417. The number of rotatable bonds is 1. The molecule has 6 nitrogen and oxygen atoms in total. The average molecular weight is 354 g/mol. The van der Waals surface area contributed by atoms with Crippen molar-refractivity contribution in [2.24, 2.45) is 0 Å². The molecule has 0 saturated heterocycles. The number of carboxylic acid groups (broad SMARTS) is 1. The van der Waals surface area contributed by atoms with Crippen molar-refractivity contribution in [1.29, 1.82) is 0 Å². The number of hydrogen-bond donors (Lipinski definition) is 3. The second-order valence-corrected chi connectivity index (χ2v) is 6.36. The van der Waals surface area contributed by atoms with Gasteiger partial charge in [0.15, 0.2) is 0 Å². The second kappa shape index (κ2) is 5.81. The van der Waals surface area contributed by atoms with Crippen molar-refractivity contribution < 1.29 is 9.90 Å². The third-order valence-electron chi connectivity index (χ3n) is 4.43. The van der Waals surface area contributed by atoms with Crippen molar-refractivity contribution in [1.82, 2.24) is 19.9 Å². The summed E-state index contributed by atoms with van der Waals surface area (Å²) in [6.07, 6.45) is 7.35. The van der Waals surface area contributed by atoms with Gasteiger partial charge in [-0.05, 0) is 66.8 Å². The molecule has 27 heavy (non-hydrogen) atoms. The van der Waals surface area contributed by atoms with E-state index in [1.54, 1.807) is 18.2 Å². The van der Waals surface area contributed by atoms with Crippen LogP contribution in [0.2, 0.25) is 0 Å². The van der Waals surface area contributed by atoms with Crippen LogP contribution in [-0.2, 0) is 0 Å². The monoisotopic (exact) mass is 354 g/mol. The number of nitrogens with one attached hydrogen (secondary N) is 2. The number of aromatic nitrogens is 4. The minimum absolute atomic E-state index is 0.137. The van der Waals surface area contributed by atoms with Crippen LogP contribution in [0, 0.1) is 0 Å². The lowest BCUT2D eigenvalue weighted by atomic mass is 10.2. The minimum Gasteiger partial charge on any atom is -0.478 e. The zero-order valence-corrected chi connectivity index (χ0v) is 14.1. The minimum atomic E-state index is -1.03. The first kappa shape index (κ1) is 15.3. The fraction of sp³-hybridized carbons (Fsp3) is 0. The van der Waals surface area contributed by atoms with Crippen molar-refractivity contribution in [3.63, 3.8) is 0 Å². The van der Waals surface area contributed by atoms with Crippen molar-refractivity contribution >= 4 is 52.3 Å². The number of carboxylic acids is 1. The van der Waals surface area contributed by atoms with E-state index in [0.717, 1.165) is 27.9 Å². The van der Waals surface area contributed by atoms with E-state index in [1.807, 2.05) is 48.6 Å². The highest BCUT2D eigenvalue weighted by atomic mass is 16.4. The third-order valence-corrected chi connectivity index (χ3v) is 4.43. The Hall–Kier alpha value is -3.93. The Labute approximate surface area is 153 Å².